The molecule has 0 spiro atoms. The van der Waals surface area contributed by atoms with Gasteiger partial charge in [0.1, 0.15) is 6.33 Å². The first-order valence-electron chi connectivity index (χ1n) is 8.99. The second-order valence-corrected chi connectivity index (χ2v) is 7.20. The number of H-pyrrole nitrogens is 1. The highest BCUT2D eigenvalue weighted by Crippen LogP contribution is 2.51. The normalized spacial score (nSPS) is 16.4. The molecule has 1 saturated carbocycles. The van der Waals surface area contributed by atoms with Crippen molar-refractivity contribution in [3.63, 3.8) is 0 Å². The van der Waals surface area contributed by atoms with Gasteiger partial charge in [-0.1, -0.05) is 37.3 Å². The molecule has 136 valence electrons. The quantitative estimate of drug-likeness (QED) is 0.587. The summed E-state index contributed by atoms with van der Waals surface area (Å²) in [5, 5.41) is 20.3. The zero-order valence-electron chi connectivity index (χ0n) is 15.1. The van der Waals surface area contributed by atoms with Gasteiger partial charge in [0, 0.05) is 11.1 Å². The minimum Gasteiger partial charge on any atom is -0.465 e. The molecule has 1 atom stereocenters. The number of aromatic amines is 1. The molecule has 0 bridgehead atoms. The third-order valence-corrected chi connectivity index (χ3v) is 5.13. The van der Waals surface area contributed by atoms with Crippen molar-refractivity contribution >= 4 is 5.65 Å². The molecule has 1 aliphatic carbocycles. The van der Waals surface area contributed by atoms with Crippen molar-refractivity contribution in [3.05, 3.63) is 54.1 Å². The van der Waals surface area contributed by atoms with Gasteiger partial charge in [-0.25, -0.2) is 4.98 Å². The Bertz CT molecular complexity index is 1080. The van der Waals surface area contributed by atoms with Gasteiger partial charge < -0.3 is 4.74 Å². The lowest BCUT2D eigenvalue weighted by Crippen LogP contribution is -2.13. The fraction of sp³-hybridized carbons (Fsp3) is 0.316. The maximum Gasteiger partial charge on any atom is 0.236 e. The zero-order chi connectivity index (χ0) is 18.4. The first kappa shape index (κ1) is 15.9. The number of ether oxygens (including phenoxy) is 1. The van der Waals surface area contributed by atoms with E-state index in [1.807, 2.05) is 43.3 Å². The fourth-order valence-corrected chi connectivity index (χ4v) is 3.19. The van der Waals surface area contributed by atoms with E-state index in [1.165, 1.54) is 0 Å². The van der Waals surface area contributed by atoms with Crippen molar-refractivity contribution in [2.75, 3.05) is 0 Å². The minimum absolute atomic E-state index is 0.0711. The summed E-state index contributed by atoms with van der Waals surface area (Å²) in [7, 11) is 0. The molecule has 1 fully saturated rings. The molecule has 8 heteroatoms. The van der Waals surface area contributed by atoms with Crippen LogP contribution in [0.1, 0.15) is 44.2 Å². The van der Waals surface area contributed by atoms with Gasteiger partial charge in [0.2, 0.25) is 5.88 Å². The van der Waals surface area contributed by atoms with Gasteiger partial charge in [-0.05, 0) is 31.2 Å². The van der Waals surface area contributed by atoms with E-state index >= 15 is 0 Å². The Labute approximate surface area is 155 Å². The zero-order valence-corrected chi connectivity index (χ0v) is 15.1. The molecule has 5 rings (SSSR count). The average molecular weight is 361 g/mol. The number of benzene rings is 1. The molecule has 1 N–H and O–H groups in total. The van der Waals surface area contributed by atoms with E-state index in [0.717, 1.165) is 29.6 Å². The molecule has 0 saturated heterocycles. The van der Waals surface area contributed by atoms with Crippen molar-refractivity contribution in [1.29, 1.82) is 0 Å². The van der Waals surface area contributed by atoms with Crippen LogP contribution in [0.25, 0.3) is 17.0 Å². The number of hydrogen-bond donors (Lipinski definition) is 1. The van der Waals surface area contributed by atoms with Crippen LogP contribution < -0.4 is 4.74 Å². The van der Waals surface area contributed by atoms with Gasteiger partial charge >= 0.3 is 0 Å². The van der Waals surface area contributed by atoms with Crippen molar-refractivity contribution in [1.82, 2.24) is 35.0 Å². The number of hydrogen-bond acceptors (Lipinski definition) is 6. The lowest BCUT2D eigenvalue weighted by molar-refractivity contribution is 0.201. The molecule has 0 aliphatic heterocycles. The van der Waals surface area contributed by atoms with Crippen LogP contribution in [0.4, 0.5) is 0 Å². The molecule has 8 nitrogen and oxygen atoms in total. The van der Waals surface area contributed by atoms with Crippen molar-refractivity contribution in [2.24, 2.45) is 0 Å². The Hall–Kier alpha value is -3.29. The Morgan fingerprint density at radius 2 is 2.00 bits per heavy atom. The van der Waals surface area contributed by atoms with E-state index in [9.17, 15) is 0 Å². The number of aromatic nitrogens is 7. The number of nitrogens with one attached hydrogen (secondary N) is 1. The summed E-state index contributed by atoms with van der Waals surface area (Å²) in [5.74, 6) is 1.86. The van der Waals surface area contributed by atoms with E-state index in [0.29, 0.717) is 17.5 Å². The summed E-state index contributed by atoms with van der Waals surface area (Å²) in [6.07, 6.45) is 3.44. The Balaban J connectivity index is 1.63. The van der Waals surface area contributed by atoms with Crippen molar-refractivity contribution < 1.29 is 4.74 Å². The van der Waals surface area contributed by atoms with E-state index in [1.54, 1.807) is 10.8 Å². The standard InChI is InChI=1S/C19H19N7O/c1-12(16-20-11-21-23-16)27-18-14(19(2)8-9-19)10-15-22-24-17(26(15)25-18)13-6-4-3-5-7-13/h3-7,10-12H,8-9H2,1-2H3,(H,20,21,23). The van der Waals surface area contributed by atoms with Crippen molar-refractivity contribution in [2.45, 2.75) is 38.2 Å². The van der Waals surface area contributed by atoms with Gasteiger partial charge in [-0.15, -0.1) is 15.3 Å². The second kappa shape index (κ2) is 5.87. The molecule has 27 heavy (non-hydrogen) atoms. The van der Waals surface area contributed by atoms with Crippen LogP contribution in [0.2, 0.25) is 0 Å². The summed E-state index contributed by atoms with van der Waals surface area (Å²) < 4.78 is 7.93. The predicted octanol–water partition coefficient (Wildman–Crippen LogP) is 3.10. The summed E-state index contributed by atoms with van der Waals surface area (Å²) >= 11 is 0. The summed E-state index contributed by atoms with van der Waals surface area (Å²) in [6.45, 7) is 4.14. The van der Waals surface area contributed by atoms with Crippen molar-refractivity contribution in [3.8, 4) is 17.3 Å². The molecule has 1 aliphatic rings. The maximum absolute atomic E-state index is 6.19. The molecule has 0 amide bonds. The highest BCUT2D eigenvalue weighted by molar-refractivity contribution is 5.60. The summed E-state index contributed by atoms with van der Waals surface area (Å²) in [6, 6.07) is 11.9. The molecule has 4 aromatic rings. The summed E-state index contributed by atoms with van der Waals surface area (Å²) in [5.41, 5.74) is 2.80. The molecule has 0 radical (unpaired) electrons. The van der Waals surface area contributed by atoms with E-state index in [4.69, 9.17) is 9.84 Å². The van der Waals surface area contributed by atoms with E-state index in [-0.39, 0.29) is 11.5 Å². The van der Waals surface area contributed by atoms with Gasteiger partial charge in [0.15, 0.2) is 23.4 Å². The van der Waals surface area contributed by atoms with Crippen LogP contribution in [-0.2, 0) is 5.41 Å². The number of fused-ring (bicyclic) bond motifs is 1. The Morgan fingerprint density at radius 3 is 2.70 bits per heavy atom. The fourth-order valence-electron chi connectivity index (χ4n) is 3.19. The minimum atomic E-state index is -0.320. The number of rotatable bonds is 5. The van der Waals surface area contributed by atoms with Crippen LogP contribution >= 0.6 is 0 Å². The first-order chi connectivity index (χ1) is 13.1. The maximum atomic E-state index is 6.19. The van der Waals surface area contributed by atoms with Gasteiger partial charge in [0.25, 0.3) is 0 Å². The predicted molar refractivity (Wildman–Crippen MR) is 98.2 cm³/mol. The Kier molecular flexibility index (Phi) is 3.46. The molecular formula is C19H19N7O. The van der Waals surface area contributed by atoms with Crippen LogP contribution in [0, 0.1) is 0 Å². The monoisotopic (exact) mass is 361 g/mol. The average Bonchev–Trinajstić information content (AvgIpc) is 3.11. The largest absolute Gasteiger partial charge is 0.465 e. The first-order valence-corrected chi connectivity index (χ1v) is 8.99. The lowest BCUT2D eigenvalue weighted by atomic mass is 10.0. The third kappa shape index (κ3) is 2.73. The lowest BCUT2D eigenvalue weighted by Gasteiger charge is -2.18. The van der Waals surface area contributed by atoms with Gasteiger partial charge in [0.05, 0.1) is 0 Å². The van der Waals surface area contributed by atoms with Crippen LogP contribution in [0.3, 0.4) is 0 Å². The molecule has 1 aromatic carbocycles. The second-order valence-electron chi connectivity index (χ2n) is 7.20. The molecule has 3 aromatic heterocycles. The summed E-state index contributed by atoms with van der Waals surface area (Å²) in [4.78, 5) is 4.19. The third-order valence-electron chi connectivity index (χ3n) is 5.13. The van der Waals surface area contributed by atoms with Gasteiger partial charge in [-0.2, -0.15) is 9.61 Å². The van der Waals surface area contributed by atoms with E-state index < -0.39 is 0 Å². The van der Waals surface area contributed by atoms with Crippen LogP contribution in [-0.4, -0.2) is 35.0 Å². The van der Waals surface area contributed by atoms with Gasteiger partial charge in [-0.3, -0.25) is 5.10 Å². The smallest absolute Gasteiger partial charge is 0.236 e. The number of nitrogens with zero attached hydrogens (tertiary/aromatic N) is 6. The highest BCUT2D eigenvalue weighted by Gasteiger charge is 2.43. The Morgan fingerprint density at radius 1 is 1.19 bits per heavy atom. The van der Waals surface area contributed by atoms with Crippen LogP contribution in [0.15, 0.2) is 42.7 Å². The van der Waals surface area contributed by atoms with Crippen LogP contribution in [0.5, 0.6) is 5.88 Å². The van der Waals surface area contributed by atoms with E-state index in [2.05, 4.69) is 32.3 Å². The topological polar surface area (TPSA) is 93.9 Å². The highest BCUT2D eigenvalue weighted by atomic mass is 16.5. The SMILES string of the molecule is CC(Oc1nn2c(-c3ccccc3)nnc2cc1C1(C)CC1)c1nc[nH]n1. The molecular weight excluding hydrogens is 342 g/mol. The molecule has 1 unspecified atom stereocenters. The molecule has 3 heterocycles.